The fourth-order valence-electron chi connectivity index (χ4n) is 3.43. The van der Waals surface area contributed by atoms with Gasteiger partial charge in [0.15, 0.2) is 0 Å². The Morgan fingerprint density at radius 3 is 2.30 bits per heavy atom. The lowest BCUT2D eigenvalue weighted by molar-refractivity contribution is 0.643. The van der Waals surface area contributed by atoms with Crippen LogP contribution in [0.5, 0.6) is 0 Å². The predicted octanol–water partition coefficient (Wildman–Crippen LogP) is 5.50. The second kappa shape index (κ2) is 5.32. The zero-order valence-corrected chi connectivity index (χ0v) is 13.5. The van der Waals surface area contributed by atoms with Crippen LogP contribution in [0.3, 0.4) is 0 Å². The van der Waals surface area contributed by atoms with Crippen molar-refractivity contribution in [2.75, 3.05) is 11.9 Å². The van der Waals surface area contributed by atoms with E-state index in [-0.39, 0.29) is 5.41 Å². The first-order valence-electron chi connectivity index (χ1n) is 7.50. The Bertz CT molecular complexity index is 650. The molecule has 0 radical (unpaired) electrons. The molecular weight excluding hydrogens is 242 g/mol. The monoisotopic (exact) mass is 267 g/mol. The molecule has 106 valence electrons. The number of allylic oxidation sites excluding steroid dienone is 2. The van der Waals surface area contributed by atoms with Crippen molar-refractivity contribution in [1.82, 2.24) is 0 Å². The molecule has 1 aliphatic heterocycles. The summed E-state index contributed by atoms with van der Waals surface area (Å²) in [5.41, 5.74) is 4.26. The van der Waals surface area contributed by atoms with Gasteiger partial charge in [-0.1, -0.05) is 64.1 Å². The molecule has 0 atom stereocenters. The van der Waals surface area contributed by atoms with E-state index in [2.05, 4.69) is 75.2 Å². The van der Waals surface area contributed by atoms with Gasteiger partial charge in [0.2, 0.25) is 0 Å². The van der Waals surface area contributed by atoms with E-state index in [0.29, 0.717) is 0 Å². The number of anilines is 1. The molecule has 0 aromatic heterocycles. The molecule has 0 aliphatic carbocycles. The minimum Gasteiger partial charge on any atom is -0.347 e. The Morgan fingerprint density at radius 1 is 1.00 bits per heavy atom. The number of fused-ring (bicyclic) bond motifs is 3. The molecule has 1 heterocycles. The first-order chi connectivity index (χ1) is 9.57. The van der Waals surface area contributed by atoms with Gasteiger partial charge in [-0.05, 0) is 29.3 Å². The zero-order chi connectivity index (χ0) is 14.9. The van der Waals surface area contributed by atoms with Crippen molar-refractivity contribution in [2.24, 2.45) is 0 Å². The molecule has 1 nitrogen and oxygen atoms in total. The third kappa shape index (κ3) is 1.93. The van der Waals surface area contributed by atoms with Crippen molar-refractivity contribution in [3.63, 3.8) is 0 Å². The molecule has 20 heavy (non-hydrogen) atoms. The summed E-state index contributed by atoms with van der Waals surface area (Å²) in [4.78, 5) is 2.32. The summed E-state index contributed by atoms with van der Waals surface area (Å²) >= 11 is 0. The van der Waals surface area contributed by atoms with Gasteiger partial charge in [-0.15, -0.1) is 0 Å². The lowest BCUT2D eigenvalue weighted by Gasteiger charge is -2.24. The Balaban J connectivity index is 0.000000704. The van der Waals surface area contributed by atoms with E-state index in [0.717, 1.165) is 0 Å². The first kappa shape index (κ1) is 14.6. The normalized spacial score (nSPS) is 17.9. The van der Waals surface area contributed by atoms with Crippen LogP contribution < -0.4 is 4.90 Å². The molecule has 0 amide bonds. The molecule has 0 saturated carbocycles. The van der Waals surface area contributed by atoms with E-state index in [1.165, 1.54) is 27.7 Å². The fraction of sp³-hybridized carbons (Fsp3) is 0.368. The Labute approximate surface area is 122 Å². The average Bonchev–Trinajstić information content (AvgIpc) is 2.67. The SMILES string of the molecule is CC.CC=C1N(C)c2ccc3ccccc3c2C1(C)C. The van der Waals surface area contributed by atoms with E-state index >= 15 is 0 Å². The maximum Gasteiger partial charge on any atom is 0.0454 e. The quantitative estimate of drug-likeness (QED) is 0.609. The van der Waals surface area contributed by atoms with E-state index < -0.39 is 0 Å². The van der Waals surface area contributed by atoms with E-state index in [4.69, 9.17) is 0 Å². The van der Waals surface area contributed by atoms with Crippen LogP contribution in [-0.4, -0.2) is 7.05 Å². The van der Waals surface area contributed by atoms with Gasteiger partial charge in [0.25, 0.3) is 0 Å². The molecule has 3 rings (SSSR count). The minimum atomic E-state index is 0.0830. The maximum atomic E-state index is 2.32. The molecule has 1 aliphatic rings. The molecule has 1 heteroatoms. The summed E-state index contributed by atoms with van der Waals surface area (Å²) < 4.78 is 0. The summed E-state index contributed by atoms with van der Waals surface area (Å²) in [6, 6.07) is 13.1. The second-order valence-electron chi connectivity index (χ2n) is 5.54. The summed E-state index contributed by atoms with van der Waals surface area (Å²) in [6.45, 7) is 10.8. The number of hydrogen-bond donors (Lipinski definition) is 0. The van der Waals surface area contributed by atoms with Gasteiger partial charge in [0.05, 0.1) is 0 Å². The van der Waals surface area contributed by atoms with Crippen molar-refractivity contribution in [1.29, 1.82) is 0 Å². The molecule has 0 bridgehead atoms. The van der Waals surface area contributed by atoms with E-state index in [1.54, 1.807) is 0 Å². The van der Waals surface area contributed by atoms with Crippen LogP contribution in [0.1, 0.15) is 40.2 Å². The fourth-order valence-corrected chi connectivity index (χ4v) is 3.43. The summed E-state index contributed by atoms with van der Waals surface area (Å²) in [7, 11) is 2.16. The average molecular weight is 267 g/mol. The Kier molecular flexibility index (Phi) is 3.89. The van der Waals surface area contributed by atoms with Crippen LogP contribution in [0.15, 0.2) is 48.2 Å². The Morgan fingerprint density at radius 2 is 1.65 bits per heavy atom. The number of likely N-dealkylation sites (N-methyl/N-ethyl adjacent to an activating group) is 1. The van der Waals surface area contributed by atoms with Gasteiger partial charge in [0, 0.05) is 23.8 Å². The Hall–Kier alpha value is -1.76. The van der Waals surface area contributed by atoms with Crippen molar-refractivity contribution in [3.8, 4) is 0 Å². The number of rotatable bonds is 0. The highest BCUT2D eigenvalue weighted by Gasteiger charge is 2.39. The van der Waals surface area contributed by atoms with Gasteiger partial charge in [-0.25, -0.2) is 0 Å². The van der Waals surface area contributed by atoms with Gasteiger partial charge >= 0.3 is 0 Å². The minimum absolute atomic E-state index is 0.0830. The lowest BCUT2D eigenvalue weighted by Crippen LogP contribution is -2.22. The van der Waals surface area contributed by atoms with E-state index in [1.807, 2.05) is 13.8 Å². The third-order valence-electron chi connectivity index (χ3n) is 4.17. The highest BCUT2D eigenvalue weighted by molar-refractivity contribution is 5.94. The van der Waals surface area contributed by atoms with Crippen LogP contribution in [-0.2, 0) is 5.41 Å². The third-order valence-corrected chi connectivity index (χ3v) is 4.17. The molecule has 0 spiro atoms. The summed E-state index contributed by atoms with van der Waals surface area (Å²) in [6.07, 6.45) is 2.23. The van der Waals surface area contributed by atoms with Crippen LogP contribution in [0, 0.1) is 0 Å². The van der Waals surface area contributed by atoms with Crippen LogP contribution in [0.25, 0.3) is 10.8 Å². The predicted molar refractivity (Wildman–Crippen MR) is 90.5 cm³/mol. The van der Waals surface area contributed by atoms with Crippen molar-refractivity contribution in [2.45, 2.75) is 40.0 Å². The van der Waals surface area contributed by atoms with Crippen LogP contribution >= 0.6 is 0 Å². The van der Waals surface area contributed by atoms with E-state index in [9.17, 15) is 0 Å². The standard InChI is InChI=1S/C17H19N.C2H6/c1-5-15-17(2,3)16-13-9-7-6-8-12(13)10-11-14(16)18(15)4;1-2/h5-11H,1-4H3;1-2H3. The number of nitrogens with zero attached hydrogens (tertiary/aromatic N) is 1. The molecule has 2 aromatic rings. The van der Waals surface area contributed by atoms with Crippen LogP contribution in [0.4, 0.5) is 5.69 Å². The largest absolute Gasteiger partial charge is 0.347 e. The van der Waals surface area contributed by atoms with Gasteiger partial charge in [-0.2, -0.15) is 0 Å². The van der Waals surface area contributed by atoms with Crippen molar-refractivity contribution >= 4 is 16.5 Å². The lowest BCUT2D eigenvalue weighted by atomic mass is 9.81. The molecule has 0 saturated heterocycles. The highest BCUT2D eigenvalue weighted by Crippen LogP contribution is 2.49. The molecular formula is C19H25N. The summed E-state index contributed by atoms with van der Waals surface area (Å²) in [5.74, 6) is 0. The van der Waals surface area contributed by atoms with Crippen molar-refractivity contribution < 1.29 is 0 Å². The smallest absolute Gasteiger partial charge is 0.0454 e. The molecule has 0 unspecified atom stereocenters. The topological polar surface area (TPSA) is 3.24 Å². The van der Waals surface area contributed by atoms with Gasteiger partial charge in [0.1, 0.15) is 0 Å². The molecule has 2 aromatic carbocycles. The molecule has 0 fully saturated rings. The molecule has 0 N–H and O–H groups in total. The van der Waals surface area contributed by atoms with Gasteiger partial charge < -0.3 is 4.90 Å². The first-order valence-corrected chi connectivity index (χ1v) is 7.50. The second-order valence-corrected chi connectivity index (χ2v) is 5.54. The van der Waals surface area contributed by atoms with Crippen LogP contribution in [0.2, 0.25) is 0 Å². The summed E-state index contributed by atoms with van der Waals surface area (Å²) in [5, 5.41) is 2.71. The maximum absolute atomic E-state index is 2.32. The highest BCUT2D eigenvalue weighted by atomic mass is 15.2. The van der Waals surface area contributed by atoms with Crippen molar-refractivity contribution in [3.05, 3.63) is 53.7 Å². The zero-order valence-electron chi connectivity index (χ0n) is 13.5. The number of hydrogen-bond acceptors (Lipinski definition) is 1. The van der Waals surface area contributed by atoms with Gasteiger partial charge in [-0.3, -0.25) is 0 Å². The number of benzene rings is 2.